The molecule has 2 aromatic carbocycles. The van der Waals surface area contributed by atoms with Gasteiger partial charge in [-0.1, -0.05) is 30.3 Å². The second kappa shape index (κ2) is 10.7. The lowest BCUT2D eigenvalue weighted by Gasteiger charge is -2.36. The highest BCUT2D eigenvalue weighted by atomic mass is 32.1. The van der Waals surface area contributed by atoms with Crippen LogP contribution in [0.1, 0.15) is 22.9 Å². The van der Waals surface area contributed by atoms with Crippen LogP contribution in [0.3, 0.4) is 0 Å². The molecule has 200 valence electrons. The molecule has 0 saturated carbocycles. The Kier molecular flexibility index (Phi) is 8.09. The quantitative estimate of drug-likeness (QED) is 0.0888. The van der Waals surface area contributed by atoms with Gasteiger partial charge < -0.3 is 56.6 Å². The van der Waals surface area contributed by atoms with Crippen molar-refractivity contribution in [3.63, 3.8) is 0 Å². The van der Waals surface area contributed by atoms with Crippen molar-refractivity contribution in [3.8, 4) is 23.0 Å². The molecule has 12 N–H and O–H groups in total. The Balaban J connectivity index is 1.83. The van der Waals surface area contributed by atoms with Crippen LogP contribution in [0.25, 0.3) is 0 Å². The van der Waals surface area contributed by atoms with Gasteiger partial charge in [0.25, 0.3) is 5.91 Å². The molecule has 1 aromatic heterocycles. The maximum atomic E-state index is 12.3. The van der Waals surface area contributed by atoms with Gasteiger partial charge in [0.15, 0.2) is 34.2 Å². The van der Waals surface area contributed by atoms with E-state index in [1.54, 1.807) is 23.5 Å². The number of carbonyl (C=O) groups excluding carboxylic acids is 1. The Morgan fingerprint density at radius 2 is 1.65 bits per heavy atom. The van der Waals surface area contributed by atoms with Crippen LogP contribution in [-0.2, 0) is 22.4 Å². The van der Waals surface area contributed by atoms with Crippen LogP contribution in [0.2, 0.25) is 0 Å². The number of aromatic nitrogens is 1. The first-order valence-electron chi connectivity index (χ1n) is 10.5. The Morgan fingerprint density at radius 1 is 1.05 bits per heavy atom. The van der Waals surface area contributed by atoms with Gasteiger partial charge in [-0.05, 0) is 5.56 Å². The standard InChI is InChI=1S/C22H26N4O10S/c1-36-19(10-5-3-2-4-6-10)22(34,35)26-21(32,33)8-12-15(28)17(30)14(18(31)16(12)29)25-13(27)7-11-9-37-20(23)24-11/h2-6,9,19,26,28-35H,7-8H2,1H3,(H2,23,24)(H,25,27). The zero-order valence-electron chi connectivity index (χ0n) is 19.3. The van der Waals surface area contributed by atoms with Gasteiger partial charge in [-0.25, -0.2) is 10.3 Å². The molecule has 37 heavy (non-hydrogen) atoms. The summed E-state index contributed by atoms with van der Waals surface area (Å²) in [6, 6.07) is 7.79. The zero-order chi connectivity index (χ0) is 27.5. The van der Waals surface area contributed by atoms with E-state index in [1.807, 2.05) is 0 Å². The van der Waals surface area contributed by atoms with E-state index in [0.29, 0.717) is 5.69 Å². The van der Waals surface area contributed by atoms with E-state index in [-0.39, 0.29) is 17.1 Å². The number of methoxy groups -OCH3 is 1. The minimum Gasteiger partial charge on any atom is -0.504 e. The number of amides is 1. The van der Waals surface area contributed by atoms with Gasteiger partial charge in [0.05, 0.1) is 17.7 Å². The van der Waals surface area contributed by atoms with Gasteiger partial charge in [0, 0.05) is 18.9 Å². The average molecular weight is 539 g/mol. The van der Waals surface area contributed by atoms with E-state index < -0.39 is 64.5 Å². The van der Waals surface area contributed by atoms with Crippen molar-refractivity contribution in [1.82, 2.24) is 10.3 Å². The highest BCUT2D eigenvalue weighted by molar-refractivity contribution is 7.13. The van der Waals surface area contributed by atoms with Crippen molar-refractivity contribution in [2.45, 2.75) is 30.8 Å². The maximum absolute atomic E-state index is 12.3. The SMILES string of the molecule is COC(c1ccccc1)C(O)(O)NC(O)(O)Cc1c(O)c(O)c(NC(=O)Cc2csc(N)n2)c(O)c1O. The average Bonchev–Trinajstić information content (AvgIpc) is 3.22. The molecule has 3 rings (SSSR count). The summed E-state index contributed by atoms with van der Waals surface area (Å²) in [5.74, 6) is -11.6. The van der Waals surface area contributed by atoms with Gasteiger partial charge in [0.1, 0.15) is 5.69 Å². The molecule has 1 amide bonds. The monoisotopic (exact) mass is 538 g/mol. The fourth-order valence-electron chi connectivity index (χ4n) is 3.60. The van der Waals surface area contributed by atoms with Gasteiger partial charge in [-0.2, -0.15) is 0 Å². The predicted octanol–water partition coefficient (Wildman–Crippen LogP) is -0.475. The number of nitrogens with one attached hydrogen (secondary N) is 2. The molecule has 0 aliphatic rings. The van der Waals surface area contributed by atoms with Crippen LogP contribution < -0.4 is 16.4 Å². The minimum absolute atomic E-state index is 0.216. The van der Waals surface area contributed by atoms with E-state index in [9.17, 15) is 45.6 Å². The number of nitrogens with zero attached hydrogens (tertiary/aromatic N) is 1. The summed E-state index contributed by atoms with van der Waals surface area (Å²) >= 11 is 1.09. The number of aromatic hydroxyl groups is 4. The number of thiazole rings is 1. The number of ether oxygens (including phenoxy) is 1. The first-order chi connectivity index (χ1) is 17.3. The molecule has 1 atom stereocenters. The van der Waals surface area contributed by atoms with E-state index in [1.165, 1.54) is 17.5 Å². The Hall–Kier alpha value is -3.70. The molecule has 14 nitrogen and oxygen atoms in total. The number of nitrogens with two attached hydrogens (primary N) is 1. The molecular formula is C22H26N4O10S. The fraction of sp³-hybridized carbons (Fsp3) is 0.273. The maximum Gasteiger partial charge on any atom is 0.258 e. The third-order valence-electron chi connectivity index (χ3n) is 5.18. The van der Waals surface area contributed by atoms with Crippen LogP contribution in [0.15, 0.2) is 35.7 Å². The number of carbonyl (C=O) groups is 1. The number of hydrogen-bond donors (Lipinski definition) is 11. The molecule has 0 bridgehead atoms. The molecule has 1 heterocycles. The summed E-state index contributed by atoms with van der Waals surface area (Å²) in [6.07, 6.45) is -3.03. The molecule has 0 fully saturated rings. The lowest BCUT2D eigenvalue weighted by atomic mass is 10.0. The minimum atomic E-state index is -3.25. The molecule has 15 heteroatoms. The summed E-state index contributed by atoms with van der Waals surface area (Å²) < 4.78 is 5.07. The number of hydrogen-bond acceptors (Lipinski definition) is 14. The van der Waals surface area contributed by atoms with E-state index in [4.69, 9.17) is 10.5 Å². The molecule has 0 aliphatic heterocycles. The smallest absolute Gasteiger partial charge is 0.258 e. The van der Waals surface area contributed by atoms with Crippen molar-refractivity contribution < 1.29 is 50.4 Å². The number of nitrogen functional groups attached to an aromatic ring is 1. The second-order valence-electron chi connectivity index (χ2n) is 8.02. The lowest BCUT2D eigenvalue weighted by Crippen LogP contribution is -2.62. The van der Waals surface area contributed by atoms with Crippen molar-refractivity contribution in [3.05, 3.63) is 52.5 Å². The summed E-state index contributed by atoms with van der Waals surface area (Å²) in [4.78, 5) is 16.2. The van der Waals surface area contributed by atoms with Gasteiger partial charge in [-0.3, -0.25) is 4.79 Å². The Bertz CT molecular complexity index is 1240. The fourth-order valence-corrected chi connectivity index (χ4v) is 4.16. The summed E-state index contributed by atoms with van der Waals surface area (Å²) in [5, 5.41) is 88.8. The van der Waals surface area contributed by atoms with Crippen molar-refractivity contribution in [2.24, 2.45) is 0 Å². The largest absolute Gasteiger partial charge is 0.504 e. The van der Waals surface area contributed by atoms with Crippen LogP contribution >= 0.6 is 11.3 Å². The summed E-state index contributed by atoms with van der Waals surface area (Å²) in [5.41, 5.74) is 4.48. The zero-order valence-corrected chi connectivity index (χ0v) is 20.1. The van der Waals surface area contributed by atoms with Gasteiger partial charge >= 0.3 is 0 Å². The van der Waals surface area contributed by atoms with Crippen molar-refractivity contribution >= 4 is 28.1 Å². The van der Waals surface area contributed by atoms with Gasteiger partial charge in [-0.15, -0.1) is 11.3 Å². The number of rotatable bonds is 10. The second-order valence-corrected chi connectivity index (χ2v) is 8.91. The topological polar surface area (TPSA) is 251 Å². The molecule has 0 spiro atoms. The van der Waals surface area contributed by atoms with Crippen LogP contribution in [0.5, 0.6) is 23.0 Å². The molecule has 1 unspecified atom stereocenters. The first kappa shape index (κ1) is 27.9. The van der Waals surface area contributed by atoms with Gasteiger partial charge in [0.2, 0.25) is 11.8 Å². The van der Waals surface area contributed by atoms with Crippen LogP contribution in [0.4, 0.5) is 10.8 Å². The number of aliphatic hydroxyl groups is 4. The van der Waals surface area contributed by atoms with Crippen LogP contribution in [-0.4, -0.2) is 70.7 Å². The number of phenols is 4. The third kappa shape index (κ3) is 6.36. The number of benzene rings is 2. The van der Waals surface area contributed by atoms with Crippen molar-refractivity contribution in [1.29, 1.82) is 0 Å². The summed E-state index contributed by atoms with van der Waals surface area (Å²) in [7, 11) is 1.14. The van der Waals surface area contributed by atoms with Crippen molar-refractivity contribution in [2.75, 3.05) is 18.2 Å². The number of anilines is 2. The molecule has 0 saturated heterocycles. The first-order valence-corrected chi connectivity index (χ1v) is 11.4. The molecular weight excluding hydrogens is 512 g/mol. The number of phenolic OH excluding ortho intramolecular Hbond substituents is 4. The van der Waals surface area contributed by atoms with E-state index in [0.717, 1.165) is 18.4 Å². The third-order valence-corrected chi connectivity index (χ3v) is 5.90. The molecule has 0 radical (unpaired) electrons. The molecule has 3 aromatic rings. The highest BCUT2D eigenvalue weighted by Gasteiger charge is 2.44. The van der Waals surface area contributed by atoms with Crippen LogP contribution in [0, 0.1) is 0 Å². The predicted molar refractivity (Wildman–Crippen MR) is 129 cm³/mol. The highest BCUT2D eigenvalue weighted by Crippen LogP contribution is 2.50. The normalized spacial score (nSPS) is 12.9. The molecule has 0 aliphatic carbocycles. The Morgan fingerprint density at radius 3 is 2.16 bits per heavy atom. The lowest BCUT2D eigenvalue weighted by molar-refractivity contribution is -0.320. The Labute approximate surface area is 213 Å². The summed E-state index contributed by atoms with van der Waals surface area (Å²) in [6.45, 7) is 0. The van der Waals surface area contributed by atoms with E-state index in [2.05, 4.69) is 10.3 Å². The van der Waals surface area contributed by atoms with E-state index >= 15 is 0 Å².